The molecule has 1 saturated heterocycles. The van der Waals surface area contributed by atoms with Crippen LogP contribution in [0.1, 0.15) is 46.0 Å². The predicted octanol–water partition coefficient (Wildman–Crippen LogP) is 2.69. The van der Waals surface area contributed by atoms with Crippen LogP contribution < -0.4 is 10.6 Å². The Morgan fingerprint density at radius 1 is 1.15 bits per heavy atom. The second kappa shape index (κ2) is 12.7. The summed E-state index contributed by atoms with van der Waals surface area (Å²) >= 11 is 0. The van der Waals surface area contributed by atoms with Crippen LogP contribution in [0.15, 0.2) is 4.99 Å². The molecule has 1 rings (SSSR count). The highest BCUT2D eigenvalue weighted by Crippen LogP contribution is 2.15. The van der Waals surface area contributed by atoms with E-state index >= 15 is 0 Å². The zero-order chi connectivity index (χ0) is 13.9. The number of hydrogen-bond donors (Lipinski definition) is 2. The maximum absolute atomic E-state index is 4.21. The number of piperidine rings is 1. The highest BCUT2D eigenvalue weighted by Gasteiger charge is 2.14. The molecule has 5 heteroatoms. The molecule has 0 amide bonds. The maximum atomic E-state index is 4.21. The molecule has 0 aromatic heterocycles. The Bertz CT molecular complexity index is 250. The van der Waals surface area contributed by atoms with E-state index in [1.54, 1.807) is 0 Å². The van der Waals surface area contributed by atoms with E-state index in [0.29, 0.717) is 0 Å². The lowest BCUT2D eigenvalue weighted by molar-refractivity contribution is 0.189. The smallest absolute Gasteiger partial charge is 0.190 e. The molecule has 1 fully saturated rings. The molecular formula is C15H33IN4. The third-order valence-electron chi connectivity index (χ3n) is 3.84. The third-order valence-corrected chi connectivity index (χ3v) is 3.84. The maximum Gasteiger partial charge on any atom is 0.190 e. The number of unbranched alkanes of at least 4 members (excludes halogenated alkanes) is 1. The van der Waals surface area contributed by atoms with Crippen molar-refractivity contribution in [2.45, 2.75) is 46.0 Å². The molecule has 1 heterocycles. The van der Waals surface area contributed by atoms with Gasteiger partial charge in [-0.25, -0.2) is 0 Å². The first-order chi connectivity index (χ1) is 9.26. The van der Waals surface area contributed by atoms with E-state index in [0.717, 1.165) is 31.4 Å². The Labute approximate surface area is 142 Å². The van der Waals surface area contributed by atoms with Crippen LogP contribution in [0.25, 0.3) is 0 Å². The summed E-state index contributed by atoms with van der Waals surface area (Å²) in [4.78, 5) is 6.82. The van der Waals surface area contributed by atoms with Crippen molar-refractivity contribution in [3.05, 3.63) is 0 Å². The average molecular weight is 396 g/mol. The predicted molar refractivity (Wildman–Crippen MR) is 99.1 cm³/mol. The van der Waals surface area contributed by atoms with Gasteiger partial charge in [-0.2, -0.15) is 0 Å². The van der Waals surface area contributed by atoms with Crippen LogP contribution in [0.4, 0.5) is 0 Å². The summed E-state index contributed by atoms with van der Waals surface area (Å²) < 4.78 is 0. The summed E-state index contributed by atoms with van der Waals surface area (Å²) in [6.45, 7) is 10.4. The van der Waals surface area contributed by atoms with Gasteiger partial charge in [-0.3, -0.25) is 4.99 Å². The molecule has 20 heavy (non-hydrogen) atoms. The van der Waals surface area contributed by atoms with E-state index in [2.05, 4.69) is 34.4 Å². The number of nitrogens with zero attached hydrogens (tertiary/aromatic N) is 2. The van der Waals surface area contributed by atoms with Crippen LogP contribution >= 0.6 is 24.0 Å². The molecular weight excluding hydrogens is 363 g/mol. The minimum atomic E-state index is 0. The van der Waals surface area contributed by atoms with Gasteiger partial charge in [0.2, 0.25) is 0 Å². The Morgan fingerprint density at radius 2 is 1.80 bits per heavy atom. The molecule has 0 unspecified atom stereocenters. The summed E-state index contributed by atoms with van der Waals surface area (Å²) in [5.74, 6) is 1.87. The second-order valence-electron chi connectivity index (χ2n) is 5.66. The van der Waals surface area contributed by atoms with E-state index < -0.39 is 0 Å². The Balaban J connectivity index is 0.00000361. The van der Waals surface area contributed by atoms with E-state index in [1.165, 1.54) is 45.3 Å². The largest absolute Gasteiger partial charge is 0.356 e. The molecule has 0 aromatic rings. The number of nitrogens with one attached hydrogen (secondary N) is 2. The number of guanidine groups is 1. The summed E-state index contributed by atoms with van der Waals surface area (Å²) in [5.41, 5.74) is 0. The molecule has 0 spiro atoms. The fraction of sp³-hybridized carbons (Fsp3) is 0.933. The molecule has 0 atom stereocenters. The van der Waals surface area contributed by atoms with Crippen molar-refractivity contribution in [1.82, 2.24) is 15.5 Å². The van der Waals surface area contributed by atoms with Crippen LogP contribution in [0, 0.1) is 5.92 Å². The van der Waals surface area contributed by atoms with Crippen LogP contribution in [0.3, 0.4) is 0 Å². The minimum Gasteiger partial charge on any atom is -0.356 e. The number of aliphatic imine (C=N–C) groups is 1. The number of hydrogen-bond acceptors (Lipinski definition) is 2. The molecule has 1 aliphatic rings. The molecule has 2 N–H and O–H groups in total. The third kappa shape index (κ3) is 9.00. The molecule has 120 valence electrons. The monoisotopic (exact) mass is 396 g/mol. The van der Waals surface area contributed by atoms with Gasteiger partial charge in [-0.15, -0.1) is 24.0 Å². The molecule has 1 aliphatic heterocycles. The Hall–Kier alpha value is -0.0400. The van der Waals surface area contributed by atoms with Crippen LogP contribution in [0.2, 0.25) is 0 Å². The van der Waals surface area contributed by atoms with E-state index in [1.807, 2.05) is 7.05 Å². The van der Waals surface area contributed by atoms with Gasteiger partial charge >= 0.3 is 0 Å². The minimum absolute atomic E-state index is 0. The molecule has 4 nitrogen and oxygen atoms in total. The van der Waals surface area contributed by atoms with Crippen molar-refractivity contribution >= 4 is 29.9 Å². The van der Waals surface area contributed by atoms with Crippen LogP contribution in [-0.4, -0.2) is 50.6 Å². The van der Waals surface area contributed by atoms with Gasteiger partial charge in [-0.05, 0) is 57.7 Å². The zero-order valence-electron chi connectivity index (χ0n) is 13.5. The van der Waals surface area contributed by atoms with E-state index in [-0.39, 0.29) is 24.0 Å². The van der Waals surface area contributed by atoms with Crippen LogP contribution in [0.5, 0.6) is 0 Å². The molecule has 0 aliphatic carbocycles. The van der Waals surface area contributed by atoms with Crippen molar-refractivity contribution in [3.63, 3.8) is 0 Å². The zero-order valence-corrected chi connectivity index (χ0v) is 15.8. The van der Waals surface area contributed by atoms with Crippen molar-refractivity contribution in [2.24, 2.45) is 10.9 Å². The second-order valence-corrected chi connectivity index (χ2v) is 5.66. The van der Waals surface area contributed by atoms with E-state index in [4.69, 9.17) is 0 Å². The summed E-state index contributed by atoms with van der Waals surface area (Å²) in [5, 5.41) is 6.66. The van der Waals surface area contributed by atoms with Gasteiger partial charge in [0.1, 0.15) is 0 Å². The lowest BCUT2D eigenvalue weighted by Gasteiger charge is -2.30. The van der Waals surface area contributed by atoms with Gasteiger partial charge in [-0.1, -0.05) is 13.8 Å². The van der Waals surface area contributed by atoms with Crippen molar-refractivity contribution in [1.29, 1.82) is 0 Å². The topological polar surface area (TPSA) is 39.7 Å². The molecule has 0 bridgehead atoms. The first-order valence-corrected chi connectivity index (χ1v) is 7.93. The van der Waals surface area contributed by atoms with Crippen molar-refractivity contribution < 1.29 is 0 Å². The fourth-order valence-electron chi connectivity index (χ4n) is 2.42. The first-order valence-electron chi connectivity index (χ1n) is 7.93. The van der Waals surface area contributed by atoms with E-state index in [9.17, 15) is 0 Å². The molecule has 0 radical (unpaired) electrons. The standard InChI is InChI=1S/C15H32N4.HI/c1-4-9-17-15(16-3)18-10-5-6-11-19-12-7-14(2)8-13-19;/h14H,4-13H2,1-3H3,(H2,16,17,18);1H. The van der Waals surface area contributed by atoms with Gasteiger partial charge in [0, 0.05) is 20.1 Å². The quantitative estimate of drug-likeness (QED) is 0.301. The van der Waals surface area contributed by atoms with Crippen molar-refractivity contribution in [2.75, 3.05) is 39.8 Å². The van der Waals surface area contributed by atoms with Gasteiger partial charge in [0.15, 0.2) is 5.96 Å². The molecule has 0 aromatic carbocycles. The SMILES string of the molecule is CCCNC(=NC)NCCCCN1CCC(C)CC1.I. The summed E-state index contributed by atoms with van der Waals surface area (Å²) in [6, 6.07) is 0. The van der Waals surface area contributed by atoms with Gasteiger partial charge < -0.3 is 15.5 Å². The van der Waals surface area contributed by atoms with Gasteiger partial charge in [0.25, 0.3) is 0 Å². The average Bonchev–Trinajstić information content (AvgIpc) is 2.44. The highest BCUT2D eigenvalue weighted by atomic mass is 127. The summed E-state index contributed by atoms with van der Waals surface area (Å²) in [7, 11) is 1.83. The van der Waals surface area contributed by atoms with Gasteiger partial charge in [0.05, 0.1) is 0 Å². The van der Waals surface area contributed by atoms with Crippen molar-refractivity contribution in [3.8, 4) is 0 Å². The summed E-state index contributed by atoms with van der Waals surface area (Å²) in [6.07, 6.45) is 6.40. The highest BCUT2D eigenvalue weighted by molar-refractivity contribution is 14.0. The number of likely N-dealkylation sites (tertiary alicyclic amines) is 1. The Morgan fingerprint density at radius 3 is 2.40 bits per heavy atom. The molecule has 0 saturated carbocycles. The number of rotatable bonds is 7. The fourth-order valence-corrected chi connectivity index (χ4v) is 2.42. The van der Waals surface area contributed by atoms with Crippen LogP contribution in [-0.2, 0) is 0 Å². The normalized spacial score (nSPS) is 17.6. The number of halogens is 1. The Kier molecular flexibility index (Phi) is 12.7. The lowest BCUT2D eigenvalue weighted by atomic mass is 9.99. The first kappa shape index (κ1) is 20.0. The lowest BCUT2D eigenvalue weighted by Crippen LogP contribution is -2.38.